The van der Waals surface area contributed by atoms with Crippen LogP contribution in [0.15, 0.2) is 54.6 Å². The van der Waals surface area contributed by atoms with Crippen molar-refractivity contribution in [2.75, 3.05) is 6.61 Å². The Kier molecular flexibility index (Phi) is 4.77. The Morgan fingerprint density at radius 1 is 0.950 bits per heavy atom. The lowest BCUT2D eigenvalue weighted by Crippen LogP contribution is -2.16. The second kappa shape index (κ2) is 6.75. The first-order valence-electron chi connectivity index (χ1n) is 6.63. The number of hydrogen-bond donors (Lipinski definition) is 0. The number of carbonyl (C=O) groups is 1. The van der Waals surface area contributed by atoms with Crippen molar-refractivity contribution in [2.24, 2.45) is 5.92 Å². The molecule has 0 saturated heterocycles. The molecule has 0 radical (unpaired) electrons. The highest BCUT2D eigenvalue weighted by Crippen LogP contribution is 2.24. The summed E-state index contributed by atoms with van der Waals surface area (Å²) in [6.07, 6.45) is 0. The summed E-state index contributed by atoms with van der Waals surface area (Å²) >= 11 is 0. The van der Waals surface area contributed by atoms with Crippen LogP contribution in [-0.2, 0) is 4.79 Å². The lowest BCUT2D eigenvalue weighted by Gasteiger charge is -2.09. The predicted octanol–water partition coefficient (Wildman–Crippen LogP) is 4.08. The molecule has 3 heteroatoms. The molecule has 0 aliphatic carbocycles. The van der Waals surface area contributed by atoms with Crippen molar-refractivity contribution in [3.63, 3.8) is 0 Å². The Morgan fingerprint density at radius 2 is 1.60 bits per heavy atom. The minimum absolute atomic E-state index is 0.0150. The predicted molar refractivity (Wildman–Crippen MR) is 78.3 cm³/mol. The molecule has 0 fully saturated rings. The molecular weight excluding hydrogens is 252 g/mol. The Balaban J connectivity index is 1.99. The van der Waals surface area contributed by atoms with Gasteiger partial charge in [0.05, 0.1) is 0 Å². The van der Waals surface area contributed by atoms with Gasteiger partial charge in [0.2, 0.25) is 0 Å². The van der Waals surface area contributed by atoms with Gasteiger partial charge in [-0.25, -0.2) is 0 Å². The van der Waals surface area contributed by atoms with Crippen molar-refractivity contribution >= 4 is 5.78 Å². The molecular formula is C17H18O3. The van der Waals surface area contributed by atoms with Crippen LogP contribution in [0.2, 0.25) is 0 Å². The highest BCUT2D eigenvalue weighted by Gasteiger charge is 2.08. The van der Waals surface area contributed by atoms with Gasteiger partial charge in [-0.05, 0) is 24.3 Å². The maximum Gasteiger partial charge on any atom is 0.172 e. The minimum atomic E-state index is -0.0150. The average Bonchev–Trinajstić information content (AvgIpc) is 2.46. The fourth-order valence-corrected chi connectivity index (χ4v) is 1.57. The number of para-hydroxylation sites is 1. The van der Waals surface area contributed by atoms with Gasteiger partial charge >= 0.3 is 0 Å². The molecule has 0 saturated carbocycles. The number of rotatable bonds is 6. The van der Waals surface area contributed by atoms with Crippen LogP contribution in [0.1, 0.15) is 13.8 Å². The molecule has 0 aromatic heterocycles. The number of ketones is 1. The minimum Gasteiger partial charge on any atom is -0.486 e. The van der Waals surface area contributed by atoms with E-state index in [2.05, 4.69) is 0 Å². The molecule has 2 aromatic carbocycles. The Hall–Kier alpha value is -2.29. The van der Waals surface area contributed by atoms with E-state index < -0.39 is 0 Å². The van der Waals surface area contributed by atoms with Gasteiger partial charge in [0, 0.05) is 12.0 Å². The summed E-state index contributed by atoms with van der Waals surface area (Å²) < 4.78 is 11.2. The van der Waals surface area contributed by atoms with Crippen molar-refractivity contribution in [3.05, 3.63) is 54.6 Å². The largest absolute Gasteiger partial charge is 0.486 e. The molecule has 0 aliphatic heterocycles. The van der Waals surface area contributed by atoms with Gasteiger partial charge in [0.25, 0.3) is 0 Å². The molecule has 0 unspecified atom stereocenters. The molecule has 0 aliphatic rings. The van der Waals surface area contributed by atoms with Gasteiger partial charge in [0.15, 0.2) is 5.78 Å². The molecule has 0 spiro atoms. The van der Waals surface area contributed by atoms with Crippen LogP contribution in [0.5, 0.6) is 17.2 Å². The Bertz CT molecular complexity index is 561. The van der Waals surface area contributed by atoms with Crippen molar-refractivity contribution in [1.82, 2.24) is 0 Å². The third-order valence-electron chi connectivity index (χ3n) is 2.81. The maximum atomic E-state index is 11.5. The molecule has 0 amide bonds. The second-order valence-corrected chi connectivity index (χ2v) is 4.80. The highest BCUT2D eigenvalue weighted by atomic mass is 16.5. The first-order valence-corrected chi connectivity index (χ1v) is 6.63. The summed E-state index contributed by atoms with van der Waals surface area (Å²) in [5.41, 5.74) is 0. The molecule has 2 rings (SSSR count). The van der Waals surface area contributed by atoms with Crippen LogP contribution in [0, 0.1) is 5.92 Å². The second-order valence-electron chi connectivity index (χ2n) is 4.80. The third kappa shape index (κ3) is 4.12. The Morgan fingerprint density at radius 3 is 2.30 bits per heavy atom. The zero-order valence-corrected chi connectivity index (χ0v) is 11.7. The van der Waals surface area contributed by atoms with E-state index in [-0.39, 0.29) is 18.3 Å². The van der Waals surface area contributed by atoms with Gasteiger partial charge in [-0.2, -0.15) is 0 Å². The summed E-state index contributed by atoms with van der Waals surface area (Å²) in [4.78, 5) is 11.5. The van der Waals surface area contributed by atoms with Crippen LogP contribution in [0.4, 0.5) is 0 Å². The van der Waals surface area contributed by atoms with Crippen molar-refractivity contribution in [2.45, 2.75) is 13.8 Å². The zero-order chi connectivity index (χ0) is 14.4. The molecule has 2 aromatic rings. The van der Waals surface area contributed by atoms with E-state index in [9.17, 15) is 4.79 Å². The summed E-state index contributed by atoms with van der Waals surface area (Å²) in [6.45, 7) is 3.81. The third-order valence-corrected chi connectivity index (χ3v) is 2.81. The van der Waals surface area contributed by atoms with E-state index in [1.54, 1.807) is 6.07 Å². The number of benzene rings is 2. The van der Waals surface area contributed by atoms with Crippen LogP contribution >= 0.6 is 0 Å². The first-order chi connectivity index (χ1) is 9.65. The highest BCUT2D eigenvalue weighted by molar-refractivity contribution is 5.81. The summed E-state index contributed by atoms with van der Waals surface area (Å²) in [6, 6.07) is 16.8. The van der Waals surface area contributed by atoms with Crippen LogP contribution in [0.25, 0.3) is 0 Å². The molecule has 0 atom stereocenters. The average molecular weight is 270 g/mol. The standard InChI is InChI=1S/C17H18O3/c1-13(2)17(18)12-19-15-9-6-10-16(11-15)20-14-7-4-3-5-8-14/h3-11,13H,12H2,1-2H3. The van der Waals surface area contributed by atoms with Crippen LogP contribution in [-0.4, -0.2) is 12.4 Å². The van der Waals surface area contributed by atoms with E-state index in [1.807, 2.05) is 62.4 Å². The molecule has 0 N–H and O–H groups in total. The topological polar surface area (TPSA) is 35.5 Å². The van der Waals surface area contributed by atoms with Crippen molar-refractivity contribution in [3.8, 4) is 17.2 Å². The monoisotopic (exact) mass is 270 g/mol. The number of Topliss-reactive ketones (excluding diaryl/α,β-unsaturated/α-hetero) is 1. The SMILES string of the molecule is CC(C)C(=O)COc1cccc(Oc2ccccc2)c1. The lowest BCUT2D eigenvalue weighted by molar-refractivity contribution is -0.123. The summed E-state index contributed by atoms with van der Waals surface area (Å²) in [5, 5.41) is 0. The van der Waals surface area contributed by atoms with Gasteiger partial charge in [-0.3, -0.25) is 4.79 Å². The molecule has 0 bridgehead atoms. The van der Waals surface area contributed by atoms with Crippen LogP contribution in [0.3, 0.4) is 0 Å². The van der Waals surface area contributed by atoms with Gasteiger partial charge in [-0.1, -0.05) is 38.1 Å². The molecule has 0 heterocycles. The number of hydrogen-bond acceptors (Lipinski definition) is 3. The van der Waals surface area contributed by atoms with Gasteiger partial charge in [0.1, 0.15) is 23.9 Å². The van der Waals surface area contributed by atoms with Crippen molar-refractivity contribution < 1.29 is 14.3 Å². The fraction of sp³-hybridized carbons (Fsp3) is 0.235. The summed E-state index contributed by atoms with van der Waals surface area (Å²) in [5.74, 6) is 2.15. The first kappa shape index (κ1) is 14.1. The quantitative estimate of drug-likeness (QED) is 0.793. The lowest BCUT2D eigenvalue weighted by atomic mass is 10.1. The van der Waals surface area contributed by atoms with Crippen molar-refractivity contribution in [1.29, 1.82) is 0 Å². The Labute approximate surface area is 119 Å². The van der Waals surface area contributed by atoms with E-state index in [1.165, 1.54) is 0 Å². The normalized spacial score (nSPS) is 10.3. The van der Waals surface area contributed by atoms with E-state index in [0.29, 0.717) is 11.5 Å². The smallest absolute Gasteiger partial charge is 0.172 e. The van der Waals surface area contributed by atoms with Crippen LogP contribution < -0.4 is 9.47 Å². The molecule has 20 heavy (non-hydrogen) atoms. The summed E-state index contributed by atoms with van der Waals surface area (Å²) in [7, 11) is 0. The van der Waals surface area contributed by atoms with E-state index in [0.717, 1.165) is 5.75 Å². The zero-order valence-electron chi connectivity index (χ0n) is 11.7. The van der Waals surface area contributed by atoms with E-state index >= 15 is 0 Å². The molecule has 3 nitrogen and oxygen atoms in total. The molecule has 104 valence electrons. The number of ether oxygens (including phenoxy) is 2. The van der Waals surface area contributed by atoms with Gasteiger partial charge in [-0.15, -0.1) is 0 Å². The fourth-order valence-electron chi connectivity index (χ4n) is 1.57. The van der Waals surface area contributed by atoms with Gasteiger partial charge < -0.3 is 9.47 Å². The van der Waals surface area contributed by atoms with E-state index in [4.69, 9.17) is 9.47 Å². The number of carbonyl (C=O) groups excluding carboxylic acids is 1. The maximum absolute atomic E-state index is 11.5.